The van der Waals surface area contributed by atoms with Crippen LogP contribution in [0.2, 0.25) is 0 Å². The van der Waals surface area contributed by atoms with E-state index in [9.17, 15) is 0 Å². The fraction of sp³-hybridized carbons (Fsp3) is 0.500. The van der Waals surface area contributed by atoms with E-state index in [1.165, 1.54) is 0 Å². The van der Waals surface area contributed by atoms with E-state index in [4.69, 9.17) is 13.6 Å². The molecular weight excluding hydrogens is 254 g/mol. The summed E-state index contributed by atoms with van der Waals surface area (Å²) in [6.45, 7) is 5.62. The first-order chi connectivity index (χ1) is 9.78. The molecule has 0 aliphatic heterocycles. The zero-order valence-electron chi connectivity index (χ0n) is 12.4. The maximum absolute atomic E-state index is 5.86. The third kappa shape index (κ3) is 3.52. The fourth-order valence-corrected chi connectivity index (χ4v) is 2.14. The van der Waals surface area contributed by atoms with Crippen LogP contribution in [0, 0.1) is 0 Å². The van der Waals surface area contributed by atoms with E-state index in [-0.39, 0.29) is 6.04 Å². The lowest BCUT2D eigenvalue weighted by atomic mass is 10.1. The van der Waals surface area contributed by atoms with Crippen LogP contribution < -0.4 is 5.32 Å². The number of hydrogen-bond donors (Lipinski definition) is 1. The SMILES string of the molecule is CCCNC(c1ccc(CC)o1)c1ccc(COC)o1. The van der Waals surface area contributed by atoms with Crippen molar-refractivity contribution in [1.82, 2.24) is 5.32 Å². The summed E-state index contributed by atoms with van der Waals surface area (Å²) in [6.07, 6.45) is 1.96. The molecule has 0 bridgehead atoms. The molecule has 0 aliphatic rings. The van der Waals surface area contributed by atoms with Gasteiger partial charge in [0, 0.05) is 13.5 Å². The third-order valence-corrected chi connectivity index (χ3v) is 3.17. The molecule has 2 heterocycles. The number of furan rings is 2. The molecule has 0 radical (unpaired) electrons. The van der Waals surface area contributed by atoms with Crippen LogP contribution in [0.15, 0.2) is 33.1 Å². The summed E-state index contributed by atoms with van der Waals surface area (Å²) in [6, 6.07) is 7.93. The number of nitrogens with one attached hydrogen (secondary N) is 1. The van der Waals surface area contributed by atoms with E-state index in [0.29, 0.717) is 6.61 Å². The Labute approximate surface area is 120 Å². The van der Waals surface area contributed by atoms with Crippen molar-refractivity contribution in [2.75, 3.05) is 13.7 Å². The molecule has 1 atom stereocenters. The molecule has 1 N–H and O–H groups in total. The van der Waals surface area contributed by atoms with Gasteiger partial charge in [-0.15, -0.1) is 0 Å². The van der Waals surface area contributed by atoms with E-state index in [2.05, 4.69) is 19.2 Å². The summed E-state index contributed by atoms with van der Waals surface area (Å²) in [5.41, 5.74) is 0. The molecule has 0 saturated heterocycles. The van der Waals surface area contributed by atoms with Crippen molar-refractivity contribution in [2.24, 2.45) is 0 Å². The van der Waals surface area contributed by atoms with Crippen LogP contribution >= 0.6 is 0 Å². The molecule has 2 aromatic rings. The van der Waals surface area contributed by atoms with Crippen LogP contribution in [0.3, 0.4) is 0 Å². The van der Waals surface area contributed by atoms with Gasteiger partial charge in [0.1, 0.15) is 35.7 Å². The normalized spacial score (nSPS) is 12.8. The highest BCUT2D eigenvalue weighted by atomic mass is 16.5. The second kappa shape index (κ2) is 7.31. The molecule has 20 heavy (non-hydrogen) atoms. The fourth-order valence-electron chi connectivity index (χ4n) is 2.14. The second-order valence-corrected chi connectivity index (χ2v) is 4.78. The Hall–Kier alpha value is -1.52. The molecule has 0 saturated carbocycles. The summed E-state index contributed by atoms with van der Waals surface area (Å²) >= 11 is 0. The smallest absolute Gasteiger partial charge is 0.129 e. The van der Waals surface area contributed by atoms with Crippen LogP contribution in [0.25, 0.3) is 0 Å². The average Bonchev–Trinajstić information content (AvgIpc) is 3.09. The Kier molecular flexibility index (Phi) is 5.44. The maximum atomic E-state index is 5.86. The van der Waals surface area contributed by atoms with Crippen molar-refractivity contribution in [3.05, 3.63) is 47.3 Å². The molecule has 0 amide bonds. The monoisotopic (exact) mass is 277 g/mol. The highest BCUT2D eigenvalue weighted by Crippen LogP contribution is 2.26. The summed E-state index contributed by atoms with van der Waals surface area (Å²) in [4.78, 5) is 0. The average molecular weight is 277 g/mol. The standard InChI is InChI=1S/C16H23NO3/c1-4-10-17-16(14-8-6-12(5-2)19-14)15-9-7-13(20-15)11-18-3/h6-9,16-17H,4-5,10-11H2,1-3H3. The van der Waals surface area contributed by atoms with Crippen molar-refractivity contribution in [3.8, 4) is 0 Å². The molecule has 1 unspecified atom stereocenters. The van der Waals surface area contributed by atoms with Crippen molar-refractivity contribution in [3.63, 3.8) is 0 Å². The number of hydrogen-bond acceptors (Lipinski definition) is 4. The predicted molar refractivity (Wildman–Crippen MR) is 77.6 cm³/mol. The van der Waals surface area contributed by atoms with Crippen LogP contribution in [-0.4, -0.2) is 13.7 Å². The number of ether oxygens (including phenoxy) is 1. The topological polar surface area (TPSA) is 47.5 Å². The first-order valence-corrected chi connectivity index (χ1v) is 7.18. The zero-order chi connectivity index (χ0) is 14.4. The van der Waals surface area contributed by atoms with Gasteiger partial charge in [0.05, 0.1) is 0 Å². The molecule has 0 spiro atoms. The van der Waals surface area contributed by atoms with Gasteiger partial charge >= 0.3 is 0 Å². The minimum Gasteiger partial charge on any atom is -0.464 e. The van der Waals surface area contributed by atoms with E-state index >= 15 is 0 Å². The predicted octanol–water partition coefficient (Wildman–Crippen LogP) is 3.67. The summed E-state index contributed by atoms with van der Waals surface area (Å²) in [5, 5.41) is 3.47. The Balaban J connectivity index is 2.21. The van der Waals surface area contributed by atoms with E-state index in [0.717, 1.165) is 42.4 Å². The van der Waals surface area contributed by atoms with E-state index < -0.39 is 0 Å². The third-order valence-electron chi connectivity index (χ3n) is 3.17. The van der Waals surface area contributed by atoms with E-state index in [1.54, 1.807) is 7.11 Å². The molecule has 0 aromatic carbocycles. The largest absolute Gasteiger partial charge is 0.464 e. The lowest BCUT2D eigenvalue weighted by Gasteiger charge is -2.14. The molecule has 4 heteroatoms. The minimum atomic E-state index is -0.0409. The molecule has 4 nitrogen and oxygen atoms in total. The lowest BCUT2D eigenvalue weighted by molar-refractivity contribution is 0.161. The molecular formula is C16H23NO3. The van der Waals surface area contributed by atoms with Gasteiger partial charge < -0.3 is 18.9 Å². The van der Waals surface area contributed by atoms with Crippen LogP contribution in [0.4, 0.5) is 0 Å². The van der Waals surface area contributed by atoms with E-state index in [1.807, 2.05) is 24.3 Å². The molecule has 110 valence electrons. The number of methoxy groups -OCH3 is 1. The first kappa shape index (κ1) is 14.9. The number of aryl methyl sites for hydroxylation is 1. The van der Waals surface area contributed by atoms with Gasteiger partial charge in [-0.2, -0.15) is 0 Å². The molecule has 0 aliphatic carbocycles. The van der Waals surface area contributed by atoms with Gasteiger partial charge in [-0.3, -0.25) is 0 Å². The quantitative estimate of drug-likeness (QED) is 0.799. The van der Waals surface area contributed by atoms with Gasteiger partial charge in [-0.25, -0.2) is 0 Å². The van der Waals surface area contributed by atoms with Crippen molar-refractivity contribution in [2.45, 2.75) is 39.3 Å². The Morgan fingerprint density at radius 3 is 2.25 bits per heavy atom. The highest BCUT2D eigenvalue weighted by molar-refractivity contribution is 5.21. The Morgan fingerprint density at radius 1 is 1.05 bits per heavy atom. The van der Waals surface area contributed by atoms with Gasteiger partial charge in [-0.1, -0.05) is 13.8 Å². The molecule has 2 aromatic heterocycles. The lowest BCUT2D eigenvalue weighted by Crippen LogP contribution is -2.22. The van der Waals surface area contributed by atoms with Crippen molar-refractivity contribution < 1.29 is 13.6 Å². The highest BCUT2D eigenvalue weighted by Gasteiger charge is 2.20. The van der Waals surface area contributed by atoms with Gasteiger partial charge in [0.25, 0.3) is 0 Å². The summed E-state index contributed by atoms with van der Waals surface area (Å²) in [5.74, 6) is 3.58. The Morgan fingerprint density at radius 2 is 1.70 bits per heavy atom. The van der Waals surface area contributed by atoms with Crippen LogP contribution in [0.5, 0.6) is 0 Å². The van der Waals surface area contributed by atoms with Gasteiger partial charge in [-0.05, 0) is 37.2 Å². The van der Waals surface area contributed by atoms with Crippen molar-refractivity contribution in [1.29, 1.82) is 0 Å². The molecule has 0 fully saturated rings. The maximum Gasteiger partial charge on any atom is 0.129 e. The first-order valence-electron chi connectivity index (χ1n) is 7.18. The second-order valence-electron chi connectivity index (χ2n) is 4.78. The Bertz CT molecular complexity index is 515. The van der Waals surface area contributed by atoms with Gasteiger partial charge in [0.15, 0.2) is 0 Å². The summed E-state index contributed by atoms with van der Waals surface area (Å²) in [7, 11) is 1.66. The van der Waals surface area contributed by atoms with Crippen LogP contribution in [0.1, 0.15) is 49.4 Å². The van der Waals surface area contributed by atoms with Crippen LogP contribution in [-0.2, 0) is 17.8 Å². The number of rotatable bonds is 8. The van der Waals surface area contributed by atoms with Crippen molar-refractivity contribution >= 4 is 0 Å². The molecule has 2 rings (SSSR count). The zero-order valence-corrected chi connectivity index (χ0v) is 12.4. The minimum absolute atomic E-state index is 0.0409. The summed E-state index contributed by atoms with van der Waals surface area (Å²) < 4.78 is 16.8. The van der Waals surface area contributed by atoms with Gasteiger partial charge in [0.2, 0.25) is 0 Å².